The van der Waals surface area contributed by atoms with E-state index >= 15 is 0 Å². The Kier molecular flexibility index (Phi) is 6.86. The molecule has 1 heterocycles. The molecule has 9 nitrogen and oxygen atoms in total. The number of piperazine rings is 1. The molecule has 35 heavy (non-hydrogen) atoms. The van der Waals surface area contributed by atoms with Gasteiger partial charge in [0.05, 0.1) is 10.5 Å². The summed E-state index contributed by atoms with van der Waals surface area (Å²) in [5.74, 6) is -0.875. The van der Waals surface area contributed by atoms with Crippen molar-refractivity contribution in [1.29, 1.82) is 0 Å². The number of nitrogens with one attached hydrogen (secondary N) is 1. The maximum absolute atomic E-state index is 13.3. The van der Waals surface area contributed by atoms with Crippen LogP contribution in [0, 0.1) is 10.1 Å². The molecule has 3 aromatic rings. The lowest BCUT2D eigenvalue weighted by Gasteiger charge is -2.35. The van der Waals surface area contributed by atoms with Gasteiger partial charge in [-0.25, -0.2) is 0 Å². The molecule has 0 bridgehead atoms. The largest absolute Gasteiger partial charge is 0.383 e. The van der Waals surface area contributed by atoms with E-state index in [1.54, 1.807) is 53.2 Å². The molecule has 1 aliphatic heterocycles. The number of nitro groups is 1. The highest BCUT2D eigenvalue weighted by Crippen LogP contribution is 2.27. The van der Waals surface area contributed by atoms with E-state index in [2.05, 4.69) is 5.32 Å². The molecule has 0 spiro atoms. The third-order valence-electron chi connectivity index (χ3n) is 6.00. The van der Waals surface area contributed by atoms with Gasteiger partial charge in [-0.3, -0.25) is 24.5 Å². The van der Waals surface area contributed by atoms with Gasteiger partial charge in [0.25, 0.3) is 17.5 Å². The lowest BCUT2D eigenvalue weighted by Crippen LogP contribution is -2.50. The van der Waals surface area contributed by atoms with Gasteiger partial charge in [-0.2, -0.15) is 0 Å². The van der Waals surface area contributed by atoms with Crippen LogP contribution in [0.3, 0.4) is 0 Å². The summed E-state index contributed by atoms with van der Waals surface area (Å²) < 4.78 is 0. The van der Waals surface area contributed by atoms with Crippen LogP contribution >= 0.6 is 0 Å². The first-order valence-corrected chi connectivity index (χ1v) is 11.1. The Hall–Kier alpha value is -4.53. The summed E-state index contributed by atoms with van der Waals surface area (Å²) in [6, 6.07) is 19.6. The van der Waals surface area contributed by atoms with Gasteiger partial charge in [0.2, 0.25) is 0 Å². The number of hydrogen-bond donors (Lipinski definition) is 1. The minimum Gasteiger partial charge on any atom is -0.383 e. The molecular formula is C26H24N4O5. The number of anilines is 1. The lowest BCUT2D eigenvalue weighted by molar-refractivity contribution is -0.384. The molecule has 9 heteroatoms. The predicted molar refractivity (Wildman–Crippen MR) is 131 cm³/mol. The van der Waals surface area contributed by atoms with Crippen molar-refractivity contribution in [2.45, 2.75) is 0 Å². The minimum absolute atomic E-state index is 0.0834. The Balaban J connectivity index is 1.52. The van der Waals surface area contributed by atoms with Crippen LogP contribution in [0.2, 0.25) is 0 Å². The van der Waals surface area contributed by atoms with E-state index in [0.717, 1.165) is 0 Å². The first kappa shape index (κ1) is 23.6. The number of benzene rings is 3. The van der Waals surface area contributed by atoms with Crippen molar-refractivity contribution in [2.75, 3.05) is 38.5 Å². The van der Waals surface area contributed by atoms with Crippen molar-refractivity contribution in [3.05, 3.63) is 105 Å². The zero-order chi connectivity index (χ0) is 24.9. The molecule has 1 fully saturated rings. The van der Waals surface area contributed by atoms with Gasteiger partial charge < -0.3 is 15.1 Å². The van der Waals surface area contributed by atoms with Crippen LogP contribution < -0.4 is 5.32 Å². The predicted octanol–water partition coefficient (Wildman–Crippen LogP) is 3.47. The van der Waals surface area contributed by atoms with Gasteiger partial charge in [0, 0.05) is 56.0 Å². The van der Waals surface area contributed by atoms with E-state index in [-0.39, 0.29) is 34.2 Å². The zero-order valence-electron chi connectivity index (χ0n) is 19.1. The van der Waals surface area contributed by atoms with E-state index in [4.69, 9.17) is 0 Å². The van der Waals surface area contributed by atoms with Gasteiger partial charge in [-0.05, 0) is 30.3 Å². The quantitative estimate of drug-likeness (QED) is 0.334. The van der Waals surface area contributed by atoms with Gasteiger partial charge in [-0.15, -0.1) is 0 Å². The first-order valence-electron chi connectivity index (χ1n) is 11.1. The SMILES string of the molecule is CNc1ccc(C(=O)c2ccccc2C(=O)N2CCN(C(=O)c3ccccc3)CC2)cc1[N+](=O)[O-]. The molecule has 0 aromatic heterocycles. The number of ketones is 1. The Morgan fingerprint density at radius 2 is 1.34 bits per heavy atom. The first-order chi connectivity index (χ1) is 16.9. The number of hydrogen-bond acceptors (Lipinski definition) is 6. The highest BCUT2D eigenvalue weighted by atomic mass is 16.6. The summed E-state index contributed by atoms with van der Waals surface area (Å²) in [4.78, 5) is 53.5. The zero-order valence-corrected chi connectivity index (χ0v) is 19.1. The summed E-state index contributed by atoms with van der Waals surface area (Å²) in [5, 5.41) is 14.1. The summed E-state index contributed by atoms with van der Waals surface area (Å²) in [5.41, 5.74) is 1.18. The number of nitrogens with zero attached hydrogens (tertiary/aromatic N) is 3. The summed E-state index contributed by atoms with van der Waals surface area (Å²) in [6.07, 6.45) is 0. The smallest absolute Gasteiger partial charge is 0.293 e. The molecule has 0 radical (unpaired) electrons. The topological polar surface area (TPSA) is 113 Å². The maximum Gasteiger partial charge on any atom is 0.293 e. The molecule has 1 saturated heterocycles. The fourth-order valence-corrected chi connectivity index (χ4v) is 4.10. The second-order valence-electron chi connectivity index (χ2n) is 8.06. The maximum atomic E-state index is 13.3. The molecule has 178 valence electrons. The summed E-state index contributed by atoms with van der Waals surface area (Å²) in [6.45, 7) is 1.44. The number of carbonyl (C=O) groups is 3. The fourth-order valence-electron chi connectivity index (χ4n) is 4.10. The van der Waals surface area contributed by atoms with Crippen molar-refractivity contribution in [2.24, 2.45) is 0 Å². The van der Waals surface area contributed by atoms with Gasteiger partial charge in [-0.1, -0.05) is 36.4 Å². The molecule has 0 unspecified atom stereocenters. The van der Waals surface area contributed by atoms with Crippen molar-refractivity contribution in [3.8, 4) is 0 Å². The molecule has 1 N–H and O–H groups in total. The Morgan fingerprint density at radius 1 is 0.771 bits per heavy atom. The second-order valence-corrected chi connectivity index (χ2v) is 8.06. The highest BCUT2D eigenvalue weighted by molar-refractivity contribution is 6.15. The Labute approximate surface area is 202 Å². The normalized spacial score (nSPS) is 13.3. The van der Waals surface area contributed by atoms with Crippen molar-refractivity contribution >= 4 is 29.0 Å². The Bertz CT molecular complexity index is 1280. The van der Waals surface area contributed by atoms with Crippen LogP contribution in [0.1, 0.15) is 36.6 Å². The molecule has 4 rings (SSSR count). The standard InChI is InChI=1S/C26H24N4O5/c1-27-22-12-11-19(17-23(22)30(34)35)24(31)20-9-5-6-10-21(20)26(33)29-15-13-28(14-16-29)25(32)18-7-3-2-4-8-18/h2-12,17,27H,13-16H2,1H3. The molecule has 0 aliphatic carbocycles. The van der Waals surface area contributed by atoms with E-state index in [9.17, 15) is 24.5 Å². The molecule has 1 aliphatic rings. The third kappa shape index (κ3) is 4.89. The molecule has 0 saturated carbocycles. The number of carbonyl (C=O) groups excluding carboxylic acids is 3. The molecule has 0 atom stereocenters. The van der Waals surface area contributed by atoms with Gasteiger partial charge in [0.15, 0.2) is 5.78 Å². The van der Waals surface area contributed by atoms with Crippen LogP contribution in [0.15, 0.2) is 72.8 Å². The van der Waals surface area contributed by atoms with Crippen LogP contribution in [-0.4, -0.2) is 65.5 Å². The van der Waals surface area contributed by atoms with Crippen LogP contribution in [-0.2, 0) is 0 Å². The molecular weight excluding hydrogens is 448 g/mol. The number of rotatable bonds is 6. The fraction of sp³-hybridized carbons (Fsp3) is 0.192. The highest BCUT2D eigenvalue weighted by Gasteiger charge is 2.28. The van der Waals surface area contributed by atoms with E-state index in [1.807, 2.05) is 18.2 Å². The van der Waals surface area contributed by atoms with Crippen LogP contribution in [0.5, 0.6) is 0 Å². The van der Waals surface area contributed by atoms with Gasteiger partial charge >= 0.3 is 0 Å². The minimum atomic E-state index is -0.560. The summed E-state index contributed by atoms with van der Waals surface area (Å²) >= 11 is 0. The molecule has 3 aromatic carbocycles. The third-order valence-corrected chi connectivity index (χ3v) is 6.00. The Morgan fingerprint density at radius 3 is 1.94 bits per heavy atom. The lowest BCUT2D eigenvalue weighted by atomic mass is 9.96. The number of nitro benzene ring substituents is 1. The van der Waals surface area contributed by atoms with Gasteiger partial charge in [0.1, 0.15) is 5.69 Å². The second kappa shape index (κ2) is 10.2. The van der Waals surface area contributed by atoms with E-state index < -0.39 is 10.7 Å². The van der Waals surface area contributed by atoms with E-state index in [1.165, 1.54) is 18.2 Å². The molecule has 2 amide bonds. The van der Waals surface area contributed by atoms with Crippen molar-refractivity contribution in [3.63, 3.8) is 0 Å². The average Bonchev–Trinajstić information content (AvgIpc) is 2.92. The number of amides is 2. The monoisotopic (exact) mass is 472 g/mol. The average molecular weight is 473 g/mol. The summed E-state index contributed by atoms with van der Waals surface area (Å²) in [7, 11) is 1.56. The van der Waals surface area contributed by atoms with Crippen molar-refractivity contribution < 1.29 is 19.3 Å². The van der Waals surface area contributed by atoms with Crippen molar-refractivity contribution in [1.82, 2.24) is 9.80 Å². The van der Waals surface area contributed by atoms with E-state index in [0.29, 0.717) is 37.4 Å². The van der Waals surface area contributed by atoms with Crippen LogP contribution in [0.4, 0.5) is 11.4 Å². The van der Waals surface area contributed by atoms with Crippen LogP contribution in [0.25, 0.3) is 0 Å².